The van der Waals surface area contributed by atoms with Crippen molar-refractivity contribution in [3.63, 3.8) is 0 Å². The molecule has 0 aromatic heterocycles. The van der Waals surface area contributed by atoms with Crippen LogP contribution in [0.25, 0.3) is 0 Å². The van der Waals surface area contributed by atoms with Gasteiger partial charge in [0.15, 0.2) is 8.32 Å². The SMILES string of the molecule is C[SiH2]O[Si](C)(C)O[Si](C)(CCCOCC(C)O)O[Si](C)(C)C. The highest BCUT2D eigenvalue weighted by Crippen LogP contribution is 2.25. The predicted molar refractivity (Wildman–Crippen MR) is 102 cm³/mol. The zero-order chi connectivity index (χ0) is 17.4. The van der Waals surface area contributed by atoms with Crippen LogP contribution in [0.15, 0.2) is 0 Å². The summed E-state index contributed by atoms with van der Waals surface area (Å²) in [6, 6.07) is 0.905. The van der Waals surface area contributed by atoms with E-state index in [1.54, 1.807) is 6.92 Å². The molecule has 0 saturated carbocycles. The van der Waals surface area contributed by atoms with Crippen molar-refractivity contribution in [2.24, 2.45) is 0 Å². The molecule has 0 fully saturated rings. The summed E-state index contributed by atoms with van der Waals surface area (Å²) in [5.74, 6) is 0. The summed E-state index contributed by atoms with van der Waals surface area (Å²) in [7, 11) is -6.48. The van der Waals surface area contributed by atoms with E-state index in [1.165, 1.54) is 0 Å². The first-order valence-corrected chi connectivity index (χ1v) is 18.9. The standard InChI is InChI=1S/C13H36O5Si4/c1-13(14)12-15-10-9-11-22(8,17-20(3,4)5)18-21(6,7)16-19-2/h13-14H,9-12,19H2,1-8H3. The summed E-state index contributed by atoms with van der Waals surface area (Å²) in [6.07, 6.45) is 0.487. The first-order chi connectivity index (χ1) is 9.89. The Kier molecular flexibility index (Phi) is 10.1. The average Bonchev–Trinajstić information content (AvgIpc) is 2.23. The minimum Gasteiger partial charge on any atom is -0.442 e. The van der Waals surface area contributed by atoms with Crippen LogP contribution >= 0.6 is 0 Å². The van der Waals surface area contributed by atoms with Crippen molar-refractivity contribution in [1.29, 1.82) is 0 Å². The van der Waals surface area contributed by atoms with Crippen LogP contribution in [0, 0.1) is 0 Å². The first kappa shape index (κ1) is 22.7. The van der Waals surface area contributed by atoms with Crippen LogP contribution in [0.3, 0.4) is 0 Å². The minimum absolute atomic E-state index is 0.388. The van der Waals surface area contributed by atoms with Gasteiger partial charge in [-0.25, -0.2) is 0 Å². The lowest BCUT2D eigenvalue weighted by molar-refractivity contribution is 0.0461. The van der Waals surface area contributed by atoms with Gasteiger partial charge in [-0.15, -0.1) is 0 Å². The zero-order valence-electron chi connectivity index (χ0n) is 15.7. The molecule has 0 spiro atoms. The maximum absolute atomic E-state index is 9.21. The topological polar surface area (TPSA) is 57.2 Å². The number of aliphatic hydroxyl groups excluding tert-OH is 1. The van der Waals surface area contributed by atoms with Gasteiger partial charge in [-0.3, -0.25) is 0 Å². The normalized spacial score (nSPS) is 17.9. The van der Waals surface area contributed by atoms with Gasteiger partial charge in [-0.1, -0.05) is 6.55 Å². The summed E-state index contributed by atoms with van der Waals surface area (Å²) in [5, 5.41) is 9.21. The molecule has 0 rings (SSSR count). The molecule has 2 unspecified atom stereocenters. The number of hydrogen-bond donors (Lipinski definition) is 1. The fourth-order valence-electron chi connectivity index (χ4n) is 2.42. The number of aliphatic hydroxyl groups is 1. The fourth-order valence-corrected chi connectivity index (χ4v) is 17.4. The quantitative estimate of drug-likeness (QED) is 0.414. The summed E-state index contributed by atoms with van der Waals surface area (Å²) in [4.78, 5) is 0. The Balaban J connectivity index is 4.60. The molecule has 2 atom stereocenters. The molecular weight excluding hydrogens is 348 g/mol. The van der Waals surface area contributed by atoms with Crippen molar-refractivity contribution in [2.45, 2.75) is 71.3 Å². The van der Waals surface area contributed by atoms with E-state index in [-0.39, 0.29) is 0 Å². The second-order valence-corrected chi connectivity index (χ2v) is 20.5. The van der Waals surface area contributed by atoms with Gasteiger partial charge in [0, 0.05) is 6.61 Å². The minimum atomic E-state index is -2.26. The molecule has 0 aliphatic rings. The summed E-state index contributed by atoms with van der Waals surface area (Å²) in [5.41, 5.74) is 0. The third-order valence-electron chi connectivity index (χ3n) is 2.75. The Morgan fingerprint density at radius 2 is 1.64 bits per heavy atom. The van der Waals surface area contributed by atoms with Crippen LogP contribution in [0.2, 0.25) is 51.9 Å². The second-order valence-electron chi connectivity index (χ2n) is 7.31. The Bertz CT molecular complexity index is 309. The van der Waals surface area contributed by atoms with Crippen LogP contribution in [-0.2, 0) is 17.1 Å². The van der Waals surface area contributed by atoms with Gasteiger partial charge in [-0.2, -0.15) is 0 Å². The summed E-state index contributed by atoms with van der Waals surface area (Å²) < 4.78 is 24.3. The molecule has 5 nitrogen and oxygen atoms in total. The van der Waals surface area contributed by atoms with Crippen LogP contribution in [0.1, 0.15) is 13.3 Å². The molecule has 1 N–H and O–H groups in total. The van der Waals surface area contributed by atoms with Gasteiger partial charge in [-0.05, 0) is 58.7 Å². The van der Waals surface area contributed by atoms with Gasteiger partial charge in [0.1, 0.15) is 9.76 Å². The van der Waals surface area contributed by atoms with Gasteiger partial charge in [0.2, 0.25) is 0 Å². The monoisotopic (exact) mass is 384 g/mol. The highest BCUT2D eigenvalue weighted by Gasteiger charge is 2.42. The van der Waals surface area contributed by atoms with Crippen molar-refractivity contribution in [3.05, 3.63) is 0 Å². The van der Waals surface area contributed by atoms with Gasteiger partial charge >= 0.3 is 17.1 Å². The summed E-state index contributed by atoms with van der Waals surface area (Å²) in [6.45, 7) is 17.9. The number of rotatable bonds is 12. The van der Waals surface area contributed by atoms with Crippen molar-refractivity contribution < 1.29 is 22.2 Å². The van der Waals surface area contributed by atoms with Crippen molar-refractivity contribution >= 4 is 35.2 Å². The Labute approximate surface area is 142 Å². The summed E-state index contributed by atoms with van der Waals surface area (Å²) >= 11 is 0. The lowest BCUT2D eigenvalue weighted by Gasteiger charge is -2.39. The van der Waals surface area contributed by atoms with E-state index < -0.39 is 41.3 Å². The lowest BCUT2D eigenvalue weighted by atomic mass is 10.4. The molecule has 0 heterocycles. The van der Waals surface area contributed by atoms with E-state index in [9.17, 15) is 5.11 Å². The first-order valence-electron chi connectivity index (χ1n) is 8.19. The fraction of sp³-hybridized carbons (Fsp3) is 1.00. The molecule has 0 aliphatic heterocycles. The van der Waals surface area contributed by atoms with Gasteiger partial charge in [0.25, 0.3) is 0 Å². The molecule has 0 aromatic rings. The Morgan fingerprint density at radius 3 is 2.09 bits per heavy atom. The zero-order valence-corrected chi connectivity index (χ0v) is 20.1. The Hall–Kier alpha value is 0.668. The molecule has 9 heteroatoms. The van der Waals surface area contributed by atoms with E-state index in [4.69, 9.17) is 17.1 Å². The molecule has 0 aromatic carbocycles. The van der Waals surface area contributed by atoms with Crippen molar-refractivity contribution in [2.75, 3.05) is 13.2 Å². The molecule has 0 saturated heterocycles. The number of hydrogen-bond acceptors (Lipinski definition) is 5. The largest absolute Gasteiger partial charge is 0.442 e. The highest BCUT2D eigenvalue weighted by molar-refractivity contribution is 6.87. The van der Waals surface area contributed by atoms with Gasteiger partial charge < -0.3 is 22.2 Å². The van der Waals surface area contributed by atoms with E-state index in [2.05, 4.69) is 45.8 Å². The molecule has 0 bridgehead atoms. The van der Waals surface area contributed by atoms with Crippen molar-refractivity contribution in [3.8, 4) is 0 Å². The van der Waals surface area contributed by atoms with E-state index >= 15 is 0 Å². The van der Waals surface area contributed by atoms with Gasteiger partial charge in [0.05, 0.1) is 12.7 Å². The maximum atomic E-state index is 9.21. The molecule has 0 aliphatic carbocycles. The molecule has 22 heavy (non-hydrogen) atoms. The second kappa shape index (κ2) is 9.84. The molecular formula is C13H36O5Si4. The van der Waals surface area contributed by atoms with Crippen LogP contribution in [0.5, 0.6) is 0 Å². The average molecular weight is 385 g/mol. The molecule has 134 valence electrons. The number of ether oxygens (including phenoxy) is 1. The highest BCUT2D eigenvalue weighted by atomic mass is 28.5. The van der Waals surface area contributed by atoms with E-state index in [0.29, 0.717) is 13.2 Å². The maximum Gasteiger partial charge on any atom is 0.315 e. The third-order valence-corrected chi connectivity index (χ3v) is 15.8. The lowest BCUT2D eigenvalue weighted by Crippen LogP contribution is -2.54. The predicted octanol–water partition coefficient (Wildman–Crippen LogP) is 2.56. The Morgan fingerprint density at radius 1 is 1.05 bits per heavy atom. The third kappa shape index (κ3) is 12.1. The van der Waals surface area contributed by atoms with E-state index in [1.807, 2.05) is 0 Å². The van der Waals surface area contributed by atoms with E-state index in [0.717, 1.165) is 12.5 Å². The molecule has 0 radical (unpaired) electrons. The molecule has 0 amide bonds. The van der Waals surface area contributed by atoms with Crippen LogP contribution in [0.4, 0.5) is 0 Å². The van der Waals surface area contributed by atoms with Crippen molar-refractivity contribution in [1.82, 2.24) is 0 Å². The smallest absolute Gasteiger partial charge is 0.315 e. The van der Waals surface area contributed by atoms with Crippen LogP contribution < -0.4 is 0 Å². The van der Waals surface area contributed by atoms with Crippen LogP contribution in [-0.4, -0.2) is 59.6 Å².